The molecule has 0 amide bonds. The number of aliphatic hydroxyl groups is 1. The van der Waals surface area contributed by atoms with E-state index in [1.54, 1.807) is 24.3 Å². The van der Waals surface area contributed by atoms with E-state index in [0.717, 1.165) is 18.6 Å². The summed E-state index contributed by atoms with van der Waals surface area (Å²) < 4.78 is 7.64. The highest BCUT2D eigenvalue weighted by Gasteiger charge is 2.17. The van der Waals surface area contributed by atoms with Gasteiger partial charge in [-0.25, -0.2) is 4.98 Å². The van der Waals surface area contributed by atoms with E-state index in [4.69, 9.17) is 10.5 Å². The van der Waals surface area contributed by atoms with Crippen molar-refractivity contribution in [1.82, 2.24) is 9.55 Å². The molecule has 112 valence electrons. The number of hydrogen-bond acceptors (Lipinski definition) is 4. The maximum Gasteiger partial charge on any atom is 0.119 e. The molecule has 3 N–H and O–H groups in total. The highest BCUT2D eigenvalue weighted by Crippen LogP contribution is 2.20. The number of aromatic nitrogens is 2. The Kier molecular flexibility index (Phi) is 4.10. The van der Waals surface area contributed by atoms with Crippen molar-refractivity contribution in [3.05, 3.63) is 42.0 Å². The van der Waals surface area contributed by atoms with E-state index in [1.807, 2.05) is 6.33 Å². The number of anilines is 1. The monoisotopic (exact) mass is 287 g/mol. The Hall–Kier alpha value is -2.01. The smallest absolute Gasteiger partial charge is 0.119 e. The summed E-state index contributed by atoms with van der Waals surface area (Å²) in [4.78, 5) is 4.43. The van der Waals surface area contributed by atoms with E-state index >= 15 is 0 Å². The number of imidazole rings is 1. The van der Waals surface area contributed by atoms with Gasteiger partial charge in [0.25, 0.3) is 0 Å². The minimum atomic E-state index is -0.553. The predicted octanol–water partition coefficient (Wildman–Crippen LogP) is 1.78. The third-order valence-electron chi connectivity index (χ3n) is 3.84. The number of aryl methyl sites for hydroxylation is 1. The summed E-state index contributed by atoms with van der Waals surface area (Å²) in [6, 6.07) is 7.18. The van der Waals surface area contributed by atoms with Crippen molar-refractivity contribution in [3.63, 3.8) is 0 Å². The molecule has 0 saturated heterocycles. The third-order valence-corrected chi connectivity index (χ3v) is 3.84. The van der Waals surface area contributed by atoms with Gasteiger partial charge in [-0.1, -0.05) is 0 Å². The van der Waals surface area contributed by atoms with Gasteiger partial charge in [0.15, 0.2) is 0 Å². The number of nitrogen functional groups attached to an aromatic ring is 1. The van der Waals surface area contributed by atoms with Gasteiger partial charge in [0.05, 0.1) is 18.6 Å². The van der Waals surface area contributed by atoms with Gasteiger partial charge in [0.2, 0.25) is 0 Å². The van der Waals surface area contributed by atoms with Crippen LogP contribution in [0.15, 0.2) is 30.6 Å². The molecule has 0 aliphatic heterocycles. The molecule has 1 aliphatic carbocycles. The Morgan fingerprint density at radius 1 is 1.24 bits per heavy atom. The summed E-state index contributed by atoms with van der Waals surface area (Å²) in [6.45, 7) is 0.786. The Bertz CT molecular complexity index is 592. The Morgan fingerprint density at radius 3 is 2.81 bits per heavy atom. The number of nitrogens with two attached hydrogens (primary N) is 1. The van der Waals surface area contributed by atoms with Gasteiger partial charge in [-0.15, -0.1) is 0 Å². The molecule has 1 aromatic carbocycles. The van der Waals surface area contributed by atoms with Crippen molar-refractivity contribution in [2.24, 2.45) is 0 Å². The number of aliphatic hydroxyl groups excluding tert-OH is 1. The van der Waals surface area contributed by atoms with Crippen LogP contribution < -0.4 is 10.5 Å². The molecule has 5 heteroatoms. The van der Waals surface area contributed by atoms with Crippen LogP contribution in [0.25, 0.3) is 0 Å². The largest absolute Gasteiger partial charge is 0.491 e. The van der Waals surface area contributed by atoms with Gasteiger partial charge in [0.1, 0.15) is 18.5 Å². The highest BCUT2D eigenvalue weighted by molar-refractivity contribution is 5.41. The molecule has 0 fully saturated rings. The average molecular weight is 287 g/mol. The van der Waals surface area contributed by atoms with Gasteiger partial charge >= 0.3 is 0 Å². The molecule has 21 heavy (non-hydrogen) atoms. The van der Waals surface area contributed by atoms with Crippen LogP contribution in [0.4, 0.5) is 5.69 Å². The number of benzene rings is 1. The summed E-state index contributed by atoms with van der Waals surface area (Å²) in [6.07, 6.45) is 5.82. The normalized spacial score (nSPS) is 15.5. The molecule has 1 aromatic heterocycles. The van der Waals surface area contributed by atoms with E-state index in [2.05, 4.69) is 9.55 Å². The molecule has 1 aliphatic rings. The molecular formula is C16H21N3O2. The molecular weight excluding hydrogens is 266 g/mol. The van der Waals surface area contributed by atoms with Crippen molar-refractivity contribution in [1.29, 1.82) is 0 Å². The van der Waals surface area contributed by atoms with E-state index < -0.39 is 6.10 Å². The summed E-state index contributed by atoms with van der Waals surface area (Å²) in [5.41, 5.74) is 8.78. The Labute approximate surface area is 124 Å². The number of fused-ring (bicyclic) bond motifs is 1. The van der Waals surface area contributed by atoms with E-state index in [-0.39, 0.29) is 6.61 Å². The summed E-state index contributed by atoms with van der Waals surface area (Å²) in [7, 11) is 0. The number of ether oxygens (including phenoxy) is 1. The number of hydrogen-bond donors (Lipinski definition) is 2. The van der Waals surface area contributed by atoms with Crippen LogP contribution in [0.5, 0.6) is 5.75 Å². The molecule has 0 radical (unpaired) electrons. The molecule has 1 heterocycles. The van der Waals surface area contributed by atoms with Crippen LogP contribution in [-0.4, -0.2) is 27.4 Å². The predicted molar refractivity (Wildman–Crippen MR) is 81.2 cm³/mol. The minimum absolute atomic E-state index is 0.261. The average Bonchev–Trinajstić information content (AvgIpc) is 2.90. The fourth-order valence-corrected chi connectivity index (χ4v) is 2.72. The number of nitrogens with zero attached hydrogens (tertiary/aromatic N) is 2. The lowest BCUT2D eigenvalue weighted by Crippen LogP contribution is -2.24. The second-order valence-electron chi connectivity index (χ2n) is 5.53. The fourth-order valence-electron chi connectivity index (χ4n) is 2.72. The summed E-state index contributed by atoms with van der Waals surface area (Å²) in [5, 5.41) is 10.1. The second kappa shape index (κ2) is 6.18. The van der Waals surface area contributed by atoms with Crippen molar-refractivity contribution in [2.75, 3.05) is 12.3 Å². The highest BCUT2D eigenvalue weighted by atomic mass is 16.5. The molecule has 1 atom stereocenters. The maximum absolute atomic E-state index is 10.1. The molecule has 3 rings (SSSR count). The van der Waals surface area contributed by atoms with Crippen LogP contribution in [-0.2, 0) is 19.4 Å². The number of rotatable bonds is 5. The topological polar surface area (TPSA) is 73.3 Å². The standard InChI is InChI=1S/C16H21N3O2/c17-12-5-7-14(8-6-12)21-10-13(20)9-19-11-18-15-3-1-2-4-16(15)19/h5-8,11,13,20H,1-4,9-10,17H2. The van der Waals surface area contributed by atoms with Crippen molar-refractivity contribution in [2.45, 2.75) is 38.3 Å². The second-order valence-corrected chi connectivity index (χ2v) is 5.53. The lowest BCUT2D eigenvalue weighted by atomic mass is 10.0. The summed E-state index contributed by atoms with van der Waals surface area (Å²) >= 11 is 0. The molecule has 0 saturated carbocycles. The first-order valence-electron chi connectivity index (χ1n) is 7.41. The Balaban J connectivity index is 1.55. The van der Waals surface area contributed by atoms with Gasteiger partial charge < -0.3 is 20.1 Å². The Morgan fingerprint density at radius 2 is 2.00 bits per heavy atom. The molecule has 5 nitrogen and oxygen atoms in total. The van der Waals surface area contributed by atoms with Crippen LogP contribution in [0, 0.1) is 0 Å². The van der Waals surface area contributed by atoms with Crippen molar-refractivity contribution in [3.8, 4) is 5.75 Å². The summed E-state index contributed by atoms with van der Waals surface area (Å²) in [5.74, 6) is 0.718. The fraction of sp³-hybridized carbons (Fsp3) is 0.438. The van der Waals surface area contributed by atoms with Crippen LogP contribution in [0.2, 0.25) is 0 Å². The molecule has 0 bridgehead atoms. The van der Waals surface area contributed by atoms with Gasteiger partial charge in [-0.2, -0.15) is 0 Å². The first-order chi connectivity index (χ1) is 10.2. The first-order valence-corrected chi connectivity index (χ1v) is 7.41. The van der Waals surface area contributed by atoms with Crippen molar-refractivity contribution < 1.29 is 9.84 Å². The van der Waals surface area contributed by atoms with E-state index in [1.165, 1.54) is 24.2 Å². The van der Waals surface area contributed by atoms with Crippen LogP contribution in [0.3, 0.4) is 0 Å². The van der Waals surface area contributed by atoms with E-state index in [9.17, 15) is 5.11 Å². The molecule has 0 spiro atoms. The zero-order valence-electron chi connectivity index (χ0n) is 12.0. The minimum Gasteiger partial charge on any atom is -0.491 e. The quantitative estimate of drug-likeness (QED) is 0.822. The van der Waals surface area contributed by atoms with Gasteiger partial charge in [0, 0.05) is 11.4 Å². The molecule has 2 aromatic rings. The van der Waals surface area contributed by atoms with E-state index in [0.29, 0.717) is 12.2 Å². The van der Waals surface area contributed by atoms with Gasteiger partial charge in [-0.05, 0) is 49.9 Å². The maximum atomic E-state index is 10.1. The SMILES string of the molecule is Nc1ccc(OCC(O)Cn2cnc3c2CCCC3)cc1. The van der Waals surface area contributed by atoms with Gasteiger partial charge in [-0.3, -0.25) is 0 Å². The molecule has 1 unspecified atom stereocenters. The van der Waals surface area contributed by atoms with Crippen LogP contribution >= 0.6 is 0 Å². The lowest BCUT2D eigenvalue weighted by molar-refractivity contribution is 0.0917. The lowest BCUT2D eigenvalue weighted by Gasteiger charge is -2.17. The third kappa shape index (κ3) is 3.36. The first kappa shape index (κ1) is 13.9. The zero-order chi connectivity index (χ0) is 14.7. The van der Waals surface area contributed by atoms with Crippen LogP contribution in [0.1, 0.15) is 24.2 Å². The zero-order valence-corrected chi connectivity index (χ0v) is 12.0. The van der Waals surface area contributed by atoms with Crippen molar-refractivity contribution >= 4 is 5.69 Å².